The molecule has 1 aliphatic heterocycles. The van der Waals surface area contributed by atoms with E-state index < -0.39 is 0 Å². The molecule has 0 saturated heterocycles. The molecule has 1 N–H and O–H groups in total. The van der Waals surface area contributed by atoms with Crippen LogP contribution in [0.1, 0.15) is 18.1 Å². The van der Waals surface area contributed by atoms with Crippen molar-refractivity contribution in [2.45, 2.75) is 25.8 Å². The third-order valence-corrected chi connectivity index (χ3v) is 3.75. The number of rotatable bonds is 9. The van der Waals surface area contributed by atoms with Crippen molar-refractivity contribution >= 4 is 11.6 Å². The Morgan fingerprint density at radius 3 is 3.00 bits per heavy atom. The molecule has 5 heteroatoms. The quantitative estimate of drug-likeness (QED) is 0.711. The lowest BCUT2D eigenvalue weighted by Gasteiger charge is -2.19. The topological polar surface area (TPSA) is 39.7 Å². The maximum atomic E-state index is 6.21. The molecule has 0 aliphatic carbocycles. The van der Waals surface area contributed by atoms with Gasteiger partial charge in [0.15, 0.2) is 0 Å². The minimum absolute atomic E-state index is 0.249. The van der Waals surface area contributed by atoms with Crippen LogP contribution in [0.25, 0.3) is 0 Å². The minimum Gasteiger partial charge on any atom is -0.493 e. The van der Waals surface area contributed by atoms with Crippen molar-refractivity contribution in [3.8, 4) is 5.75 Å². The van der Waals surface area contributed by atoms with Gasteiger partial charge in [-0.15, -0.1) is 0 Å². The predicted molar refractivity (Wildman–Crippen MR) is 84.5 cm³/mol. The van der Waals surface area contributed by atoms with Crippen LogP contribution in [0.5, 0.6) is 5.75 Å². The zero-order valence-electron chi connectivity index (χ0n) is 12.8. The van der Waals surface area contributed by atoms with Crippen LogP contribution < -0.4 is 10.1 Å². The number of hydrogen-bond donors (Lipinski definition) is 1. The number of ether oxygens (including phenoxy) is 3. The molecule has 4 nitrogen and oxygen atoms in total. The summed E-state index contributed by atoms with van der Waals surface area (Å²) in [6.45, 7) is 5.64. The zero-order chi connectivity index (χ0) is 15.1. The highest BCUT2D eigenvalue weighted by Gasteiger charge is 2.20. The molecular formula is C16H24ClNO3. The Balaban J connectivity index is 1.99. The second kappa shape index (κ2) is 8.59. The lowest BCUT2D eigenvalue weighted by Crippen LogP contribution is -2.35. The number of methoxy groups -OCH3 is 1. The monoisotopic (exact) mass is 313 g/mol. The number of benzene rings is 1. The van der Waals surface area contributed by atoms with Gasteiger partial charge in [-0.3, -0.25) is 0 Å². The number of hydrogen-bond acceptors (Lipinski definition) is 4. The summed E-state index contributed by atoms with van der Waals surface area (Å²) in [6, 6.07) is 4.26. The minimum atomic E-state index is 0.249. The van der Waals surface area contributed by atoms with Crippen LogP contribution in [0.15, 0.2) is 12.1 Å². The Morgan fingerprint density at radius 1 is 1.38 bits per heavy atom. The smallest absolute Gasteiger partial charge is 0.125 e. The van der Waals surface area contributed by atoms with Crippen LogP contribution in [0.3, 0.4) is 0 Å². The Hall–Kier alpha value is -0.810. The lowest BCUT2D eigenvalue weighted by atomic mass is 10.0. The highest BCUT2D eigenvalue weighted by molar-refractivity contribution is 6.30. The molecule has 1 aromatic carbocycles. The van der Waals surface area contributed by atoms with Crippen LogP contribution >= 0.6 is 11.6 Å². The number of halogens is 1. The summed E-state index contributed by atoms with van der Waals surface area (Å²) in [4.78, 5) is 0. The van der Waals surface area contributed by atoms with Gasteiger partial charge >= 0.3 is 0 Å². The highest BCUT2D eigenvalue weighted by atomic mass is 35.5. The Labute approximate surface area is 131 Å². The summed E-state index contributed by atoms with van der Waals surface area (Å²) < 4.78 is 16.4. The summed E-state index contributed by atoms with van der Waals surface area (Å²) in [7, 11) is 1.68. The standard InChI is InChI=1S/C16H24ClNO3/c1-3-18-15(11-20-7-6-19-2)10-13-9-14(17)8-12-4-5-21-16(12)13/h8-9,15,18H,3-7,10-11H2,1-2H3. The van der Waals surface area contributed by atoms with Gasteiger partial charge in [-0.2, -0.15) is 0 Å². The second-order valence-electron chi connectivity index (χ2n) is 5.18. The first kappa shape index (κ1) is 16.6. The normalized spacial score (nSPS) is 14.8. The van der Waals surface area contributed by atoms with Gasteiger partial charge in [-0.1, -0.05) is 18.5 Å². The SMILES string of the molecule is CCNC(COCCOC)Cc1cc(Cl)cc2c1OCC2. The highest BCUT2D eigenvalue weighted by Crippen LogP contribution is 2.33. The van der Waals surface area contributed by atoms with Gasteiger partial charge < -0.3 is 19.5 Å². The van der Waals surface area contributed by atoms with Gasteiger partial charge in [-0.25, -0.2) is 0 Å². The summed E-state index contributed by atoms with van der Waals surface area (Å²) in [6.07, 6.45) is 1.79. The second-order valence-corrected chi connectivity index (χ2v) is 5.61. The van der Waals surface area contributed by atoms with Crippen molar-refractivity contribution in [1.82, 2.24) is 5.32 Å². The van der Waals surface area contributed by atoms with Crippen molar-refractivity contribution in [3.63, 3.8) is 0 Å². The zero-order valence-corrected chi connectivity index (χ0v) is 13.5. The first-order valence-corrected chi connectivity index (χ1v) is 7.86. The Kier molecular flexibility index (Phi) is 6.77. The van der Waals surface area contributed by atoms with E-state index in [-0.39, 0.29) is 6.04 Å². The molecular weight excluding hydrogens is 290 g/mol. The van der Waals surface area contributed by atoms with E-state index in [4.69, 9.17) is 25.8 Å². The number of nitrogens with one attached hydrogen (secondary N) is 1. The summed E-state index contributed by atoms with van der Waals surface area (Å²) >= 11 is 6.21. The van der Waals surface area contributed by atoms with E-state index in [1.165, 1.54) is 5.56 Å². The van der Waals surface area contributed by atoms with Crippen LogP contribution in [-0.4, -0.2) is 46.1 Å². The molecule has 21 heavy (non-hydrogen) atoms. The molecule has 0 aromatic heterocycles. The van der Waals surface area contributed by atoms with Crippen molar-refractivity contribution in [2.75, 3.05) is 40.1 Å². The molecule has 1 heterocycles. The van der Waals surface area contributed by atoms with Crippen molar-refractivity contribution < 1.29 is 14.2 Å². The van der Waals surface area contributed by atoms with Gasteiger partial charge in [-0.05, 0) is 36.2 Å². The summed E-state index contributed by atoms with van der Waals surface area (Å²) in [5, 5.41) is 4.24. The van der Waals surface area contributed by atoms with Crippen LogP contribution in [0.4, 0.5) is 0 Å². The van der Waals surface area contributed by atoms with Gasteiger partial charge in [0.25, 0.3) is 0 Å². The Morgan fingerprint density at radius 2 is 2.24 bits per heavy atom. The molecule has 0 radical (unpaired) electrons. The maximum absolute atomic E-state index is 6.21. The fraction of sp³-hybridized carbons (Fsp3) is 0.625. The summed E-state index contributed by atoms with van der Waals surface area (Å²) in [5.41, 5.74) is 2.38. The van der Waals surface area contributed by atoms with Crippen LogP contribution in [0.2, 0.25) is 5.02 Å². The van der Waals surface area contributed by atoms with Gasteiger partial charge in [0.05, 0.1) is 26.4 Å². The van der Waals surface area contributed by atoms with Gasteiger partial charge in [0, 0.05) is 24.6 Å². The molecule has 1 aromatic rings. The first-order chi connectivity index (χ1) is 10.2. The average Bonchev–Trinajstić information content (AvgIpc) is 2.92. The van der Waals surface area contributed by atoms with Crippen molar-refractivity contribution in [3.05, 3.63) is 28.3 Å². The number of likely N-dealkylation sites (N-methyl/N-ethyl adjacent to an activating group) is 1. The van der Waals surface area contributed by atoms with E-state index in [0.29, 0.717) is 19.8 Å². The molecule has 1 aliphatic rings. The maximum Gasteiger partial charge on any atom is 0.125 e. The van der Waals surface area contributed by atoms with Crippen LogP contribution in [-0.2, 0) is 22.3 Å². The third-order valence-electron chi connectivity index (χ3n) is 3.54. The fourth-order valence-corrected chi connectivity index (χ4v) is 2.87. The van der Waals surface area contributed by atoms with E-state index >= 15 is 0 Å². The number of fused-ring (bicyclic) bond motifs is 1. The van der Waals surface area contributed by atoms with E-state index in [9.17, 15) is 0 Å². The molecule has 1 unspecified atom stereocenters. The molecule has 118 valence electrons. The van der Waals surface area contributed by atoms with Gasteiger partial charge in [0.1, 0.15) is 5.75 Å². The van der Waals surface area contributed by atoms with E-state index in [0.717, 1.165) is 42.3 Å². The van der Waals surface area contributed by atoms with Crippen molar-refractivity contribution in [2.24, 2.45) is 0 Å². The molecule has 0 fully saturated rings. The first-order valence-electron chi connectivity index (χ1n) is 7.48. The Bertz CT molecular complexity index is 453. The molecule has 0 saturated carbocycles. The summed E-state index contributed by atoms with van der Waals surface area (Å²) in [5.74, 6) is 1.01. The molecule has 2 rings (SSSR count). The fourth-order valence-electron chi connectivity index (χ4n) is 2.61. The average molecular weight is 314 g/mol. The third kappa shape index (κ3) is 4.85. The van der Waals surface area contributed by atoms with Crippen LogP contribution in [0, 0.1) is 0 Å². The lowest BCUT2D eigenvalue weighted by molar-refractivity contribution is 0.0589. The van der Waals surface area contributed by atoms with E-state index in [1.807, 2.05) is 12.1 Å². The van der Waals surface area contributed by atoms with E-state index in [2.05, 4.69) is 12.2 Å². The predicted octanol–water partition coefficient (Wildman–Crippen LogP) is 2.46. The largest absolute Gasteiger partial charge is 0.493 e. The molecule has 0 amide bonds. The van der Waals surface area contributed by atoms with Gasteiger partial charge in [0.2, 0.25) is 0 Å². The molecule has 0 bridgehead atoms. The molecule has 1 atom stereocenters. The molecule has 0 spiro atoms. The van der Waals surface area contributed by atoms with Crippen molar-refractivity contribution in [1.29, 1.82) is 0 Å². The van der Waals surface area contributed by atoms with E-state index in [1.54, 1.807) is 7.11 Å².